The second-order valence-electron chi connectivity index (χ2n) is 4.38. The van der Waals surface area contributed by atoms with Gasteiger partial charge in [0.05, 0.1) is 6.61 Å². The number of hydrogen-bond acceptors (Lipinski definition) is 9. The van der Waals surface area contributed by atoms with Crippen LogP contribution in [-0.2, 0) is 9.53 Å². The third-order valence-electron chi connectivity index (χ3n) is 2.86. The number of ether oxygens (including phenoxy) is 1. The van der Waals surface area contributed by atoms with E-state index in [1.165, 1.54) is 6.92 Å². The highest BCUT2D eigenvalue weighted by Gasteiger charge is 2.45. The molecule has 0 spiro atoms. The van der Waals surface area contributed by atoms with E-state index in [0.717, 1.165) is 11.3 Å². The lowest BCUT2D eigenvalue weighted by atomic mass is 9.95. The van der Waals surface area contributed by atoms with E-state index in [-0.39, 0.29) is 16.0 Å². The minimum atomic E-state index is -1.47. The van der Waals surface area contributed by atoms with Gasteiger partial charge in [0.1, 0.15) is 30.5 Å². The van der Waals surface area contributed by atoms with Crippen molar-refractivity contribution < 1.29 is 30.0 Å². The fraction of sp³-hybridized carbons (Fsp3) is 0.700. The smallest absolute Gasteiger partial charge is 0.223 e. The van der Waals surface area contributed by atoms with Crippen LogP contribution in [0.4, 0.5) is 5.13 Å². The molecule has 112 valence electrons. The molecule has 2 heterocycles. The summed E-state index contributed by atoms with van der Waals surface area (Å²) in [4.78, 5) is 10.9. The molecule has 5 atom stereocenters. The lowest BCUT2D eigenvalue weighted by Gasteiger charge is -2.38. The zero-order valence-electron chi connectivity index (χ0n) is 10.5. The highest BCUT2D eigenvalue weighted by atomic mass is 32.1. The number of anilines is 1. The molecule has 0 aromatic carbocycles. The Balaban J connectivity index is 2.18. The highest BCUT2D eigenvalue weighted by Crippen LogP contribution is 2.34. The maximum absolute atomic E-state index is 10.9. The van der Waals surface area contributed by atoms with Gasteiger partial charge in [0.25, 0.3) is 0 Å². The predicted molar refractivity (Wildman–Crippen MR) is 66.9 cm³/mol. The molecule has 1 fully saturated rings. The summed E-state index contributed by atoms with van der Waals surface area (Å²) in [5, 5.41) is 48.7. The van der Waals surface area contributed by atoms with Gasteiger partial charge in [-0.05, 0) is 0 Å². The van der Waals surface area contributed by atoms with E-state index in [9.17, 15) is 20.1 Å². The average molecular weight is 305 g/mol. The second kappa shape index (κ2) is 6.08. The fourth-order valence-electron chi connectivity index (χ4n) is 1.86. The lowest BCUT2D eigenvalue weighted by Crippen LogP contribution is -2.55. The first-order chi connectivity index (χ1) is 9.43. The number of carbonyl (C=O) groups excluding carboxylic acids is 1. The quantitative estimate of drug-likeness (QED) is 0.431. The monoisotopic (exact) mass is 305 g/mol. The van der Waals surface area contributed by atoms with Crippen LogP contribution in [0.15, 0.2) is 0 Å². The number of hydrogen-bond donors (Lipinski definition) is 5. The van der Waals surface area contributed by atoms with Crippen molar-refractivity contribution in [2.45, 2.75) is 37.4 Å². The Hall–Kier alpha value is -1.17. The molecular weight excluding hydrogens is 290 g/mol. The van der Waals surface area contributed by atoms with Crippen molar-refractivity contribution in [3.63, 3.8) is 0 Å². The van der Waals surface area contributed by atoms with Crippen LogP contribution < -0.4 is 5.32 Å². The van der Waals surface area contributed by atoms with Crippen LogP contribution in [0.2, 0.25) is 0 Å². The maximum atomic E-state index is 10.9. The summed E-state index contributed by atoms with van der Waals surface area (Å²) in [7, 11) is 0. The lowest BCUT2D eigenvalue weighted by molar-refractivity contribution is -0.231. The Morgan fingerprint density at radius 2 is 2.00 bits per heavy atom. The number of aliphatic hydroxyl groups is 4. The number of carbonyl (C=O) groups is 1. The van der Waals surface area contributed by atoms with Crippen LogP contribution >= 0.6 is 11.3 Å². The molecule has 1 aliphatic rings. The molecule has 0 bridgehead atoms. The number of amides is 1. The van der Waals surface area contributed by atoms with Gasteiger partial charge in [-0.25, -0.2) is 0 Å². The Labute approximate surface area is 117 Å². The molecule has 1 saturated heterocycles. The molecule has 0 radical (unpaired) electrons. The van der Waals surface area contributed by atoms with Crippen LogP contribution in [0.3, 0.4) is 0 Å². The first-order valence-electron chi connectivity index (χ1n) is 5.85. The van der Waals surface area contributed by atoms with E-state index in [4.69, 9.17) is 9.84 Å². The third-order valence-corrected chi connectivity index (χ3v) is 3.76. The van der Waals surface area contributed by atoms with Crippen molar-refractivity contribution in [1.82, 2.24) is 10.2 Å². The highest BCUT2D eigenvalue weighted by molar-refractivity contribution is 7.15. The van der Waals surface area contributed by atoms with E-state index in [1.54, 1.807) is 0 Å². The van der Waals surface area contributed by atoms with E-state index < -0.39 is 37.1 Å². The van der Waals surface area contributed by atoms with Crippen LogP contribution in [0.25, 0.3) is 0 Å². The summed E-state index contributed by atoms with van der Waals surface area (Å²) in [5.41, 5.74) is 0. The standard InChI is InChI=1S/C10H15N3O6S/c1-3(15)11-10-13-12-9(20-10)8-7(18)6(17)5(16)4(2-14)19-8/h4-8,14,16-18H,2H2,1H3,(H,11,13,15)/t4-,5-,6+,7-,8-/m1/s1. The van der Waals surface area contributed by atoms with Crippen molar-refractivity contribution >= 4 is 22.4 Å². The first-order valence-corrected chi connectivity index (χ1v) is 6.67. The van der Waals surface area contributed by atoms with E-state index in [1.807, 2.05) is 0 Å². The van der Waals surface area contributed by atoms with Crippen molar-refractivity contribution in [3.8, 4) is 0 Å². The van der Waals surface area contributed by atoms with E-state index in [2.05, 4.69) is 15.5 Å². The Bertz CT molecular complexity index is 481. The number of nitrogens with one attached hydrogen (secondary N) is 1. The predicted octanol–water partition coefficient (Wildman–Crippen LogP) is -1.99. The average Bonchev–Trinajstić information content (AvgIpc) is 2.84. The molecule has 1 aliphatic heterocycles. The minimum absolute atomic E-state index is 0.226. The summed E-state index contributed by atoms with van der Waals surface area (Å²) >= 11 is 0.974. The molecule has 10 heteroatoms. The van der Waals surface area contributed by atoms with Crippen molar-refractivity contribution in [3.05, 3.63) is 5.01 Å². The fourth-order valence-corrected chi connectivity index (χ4v) is 2.72. The van der Waals surface area contributed by atoms with Crippen molar-refractivity contribution in [1.29, 1.82) is 0 Å². The molecule has 5 N–H and O–H groups in total. The van der Waals surface area contributed by atoms with Crippen LogP contribution in [0.5, 0.6) is 0 Å². The van der Waals surface area contributed by atoms with E-state index in [0.29, 0.717) is 0 Å². The van der Waals surface area contributed by atoms with Gasteiger partial charge in [-0.2, -0.15) is 0 Å². The Kier molecular flexibility index (Phi) is 4.62. The topological polar surface area (TPSA) is 145 Å². The molecule has 0 saturated carbocycles. The number of aliphatic hydroxyl groups excluding tert-OH is 4. The van der Waals surface area contributed by atoms with Gasteiger partial charge in [0.15, 0.2) is 5.01 Å². The van der Waals surface area contributed by atoms with Gasteiger partial charge >= 0.3 is 0 Å². The van der Waals surface area contributed by atoms with Crippen LogP contribution in [0, 0.1) is 0 Å². The van der Waals surface area contributed by atoms with Gasteiger partial charge in [-0.15, -0.1) is 10.2 Å². The third kappa shape index (κ3) is 2.95. The van der Waals surface area contributed by atoms with Gasteiger partial charge in [0.2, 0.25) is 11.0 Å². The zero-order chi connectivity index (χ0) is 14.9. The second-order valence-corrected chi connectivity index (χ2v) is 5.39. The van der Waals surface area contributed by atoms with Gasteiger partial charge < -0.3 is 30.5 Å². The van der Waals surface area contributed by atoms with Crippen molar-refractivity contribution in [2.24, 2.45) is 0 Å². The molecular formula is C10H15N3O6S. The Morgan fingerprint density at radius 1 is 1.30 bits per heavy atom. The first kappa shape index (κ1) is 15.2. The number of aromatic nitrogens is 2. The summed E-state index contributed by atoms with van der Waals surface area (Å²) < 4.78 is 5.32. The van der Waals surface area contributed by atoms with Crippen molar-refractivity contribution in [2.75, 3.05) is 11.9 Å². The molecule has 1 amide bonds. The number of nitrogens with zero attached hydrogens (tertiary/aromatic N) is 2. The molecule has 20 heavy (non-hydrogen) atoms. The zero-order valence-corrected chi connectivity index (χ0v) is 11.3. The van der Waals surface area contributed by atoms with Gasteiger partial charge in [-0.3, -0.25) is 4.79 Å². The molecule has 9 nitrogen and oxygen atoms in total. The van der Waals surface area contributed by atoms with Crippen LogP contribution in [-0.4, -0.2) is 67.6 Å². The summed E-state index contributed by atoms with van der Waals surface area (Å²) in [5.74, 6) is -0.318. The van der Waals surface area contributed by atoms with E-state index >= 15 is 0 Å². The number of rotatable bonds is 3. The van der Waals surface area contributed by atoms with Gasteiger partial charge in [0, 0.05) is 6.92 Å². The largest absolute Gasteiger partial charge is 0.394 e. The molecule has 2 rings (SSSR count). The molecule has 0 aliphatic carbocycles. The molecule has 1 aromatic rings. The summed E-state index contributed by atoms with van der Waals surface area (Å²) in [6, 6.07) is 0. The summed E-state index contributed by atoms with van der Waals surface area (Å²) in [6.07, 6.45) is -6.35. The maximum Gasteiger partial charge on any atom is 0.223 e. The minimum Gasteiger partial charge on any atom is -0.394 e. The SMILES string of the molecule is CC(=O)Nc1nnc([C@@H]2O[C@H](CO)[C@@H](O)[C@H](O)[C@H]2O)s1. The summed E-state index contributed by atoms with van der Waals surface area (Å²) in [6.45, 7) is 0.799. The van der Waals surface area contributed by atoms with Crippen LogP contribution in [0.1, 0.15) is 18.0 Å². The molecule has 0 unspecified atom stereocenters. The normalized spacial score (nSPS) is 34.0. The Morgan fingerprint density at radius 3 is 2.60 bits per heavy atom. The van der Waals surface area contributed by atoms with Gasteiger partial charge in [-0.1, -0.05) is 11.3 Å². The molecule has 1 aromatic heterocycles.